The first-order chi connectivity index (χ1) is 9.72. The number of benzene rings is 1. The van der Waals surface area contributed by atoms with Gasteiger partial charge in [0.25, 0.3) is 5.56 Å². The third-order valence-corrected chi connectivity index (χ3v) is 3.02. The lowest BCUT2D eigenvalue weighted by atomic mass is 10.2. The zero-order chi connectivity index (χ0) is 14.1. The highest BCUT2D eigenvalue weighted by atomic mass is 16.5. The first kappa shape index (κ1) is 12.2. The van der Waals surface area contributed by atoms with Crippen LogP contribution in [-0.4, -0.2) is 21.6 Å². The van der Waals surface area contributed by atoms with Crippen LogP contribution in [-0.2, 0) is 0 Å². The summed E-state index contributed by atoms with van der Waals surface area (Å²) in [7, 11) is 1.49. The van der Waals surface area contributed by atoms with E-state index in [0.717, 1.165) is 4.57 Å². The number of aromatic nitrogens is 3. The number of para-hydroxylation sites is 1. The maximum absolute atomic E-state index is 12.5. The van der Waals surface area contributed by atoms with Crippen molar-refractivity contribution in [3.8, 4) is 11.4 Å². The molecule has 0 aliphatic heterocycles. The Labute approximate surface area is 113 Å². The van der Waals surface area contributed by atoms with E-state index in [9.17, 15) is 9.59 Å². The molecule has 0 aliphatic carbocycles. The maximum Gasteiger partial charge on any atom is 0.333 e. The van der Waals surface area contributed by atoms with Gasteiger partial charge in [-0.3, -0.25) is 9.78 Å². The Morgan fingerprint density at radius 1 is 1.20 bits per heavy atom. The van der Waals surface area contributed by atoms with Gasteiger partial charge in [-0.2, -0.15) is 0 Å². The zero-order valence-electron chi connectivity index (χ0n) is 10.7. The molecule has 0 saturated carbocycles. The fourth-order valence-electron chi connectivity index (χ4n) is 2.10. The van der Waals surface area contributed by atoms with E-state index in [0.29, 0.717) is 22.3 Å². The Hall–Kier alpha value is -2.89. The van der Waals surface area contributed by atoms with Gasteiger partial charge in [0.1, 0.15) is 5.75 Å². The minimum absolute atomic E-state index is 0.382. The average Bonchev–Trinajstić information content (AvgIpc) is 2.48. The van der Waals surface area contributed by atoms with Crippen LogP contribution in [0.1, 0.15) is 0 Å². The van der Waals surface area contributed by atoms with E-state index in [2.05, 4.69) is 9.97 Å². The van der Waals surface area contributed by atoms with E-state index < -0.39 is 11.2 Å². The predicted molar refractivity (Wildman–Crippen MR) is 74.5 cm³/mol. The summed E-state index contributed by atoms with van der Waals surface area (Å²) in [6.07, 6.45) is 3.04. The highest BCUT2D eigenvalue weighted by Crippen LogP contribution is 2.19. The summed E-state index contributed by atoms with van der Waals surface area (Å²) in [6, 6.07) is 8.34. The van der Waals surface area contributed by atoms with Crippen LogP contribution in [0, 0.1) is 0 Å². The van der Waals surface area contributed by atoms with Gasteiger partial charge in [-0.05, 0) is 24.3 Å². The summed E-state index contributed by atoms with van der Waals surface area (Å²) in [5.41, 5.74) is -0.121. The molecule has 0 bridgehead atoms. The predicted octanol–water partition coefficient (Wildman–Crippen LogP) is 1.08. The summed E-state index contributed by atoms with van der Waals surface area (Å²) in [6.45, 7) is 0. The summed E-state index contributed by atoms with van der Waals surface area (Å²) >= 11 is 0. The van der Waals surface area contributed by atoms with Crippen molar-refractivity contribution in [2.75, 3.05) is 7.11 Å². The topological polar surface area (TPSA) is 77.0 Å². The normalized spacial score (nSPS) is 10.7. The molecule has 6 nitrogen and oxygen atoms in total. The molecule has 1 aromatic carbocycles. The minimum atomic E-state index is -0.528. The number of fused-ring (bicyclic) bond motifs is 1. The van der Waals surface area contributed by atoms with E-state index in [1.165, 1.54) is 13.3 Å². The lowest BCUT2D eigenvalue weighted by molar-refractivity contribution is 0.418. The van der Waals surface area contributed by atoms with E-state index in [1.54, 1.807) is 36.5 Å². The number of hydrogen-bond acceptors (Lipinski definition) is 4. The molecule has 3 rings (SSSR count). The van der Waals surface area contributed by atoms with Crippen molar-refractivity contribution in [3.05, 3.63) is 63.6 Å². The third kappa shape index (κ3) is 1.78. The van der Waals surface area contributed by atoms with Crippen LogP contribution in [0.25, 0.3) is 16.6 Å². The second-order valence-corrected chi connectivity index (χ2v) is 4.16. The van der Waals surface area contributed by atoms with Crippen LogP contribution in [0.2, 0.25) is 0 Å². The van der Waals surface area contributed by atoms with Crippen molar-refractivity contribution in [3.63, 3.8) is 0 Å². The van der Waals surface area contributed by atoms with Crippen molar-refractivity contribution in [2.24, 2.45) is 0 Å². The van der Waals surface area contributed by atoms with Gasteiger partial charge in [0.05, 0.1) is 29.9 Å². The van der Waals surface area contributed by atoms with Crippen LogP contribution >= 0.6 is 0 Å². The molecule has 3 aromatic rings. The number of aromatic amines is 1. The summed E-state index contributed by atoms with van der Waals surface area (Å²) < 4.78 is 6.20. The van der Waals surface area contributed by atoms with Crippen LogP contribution < -0.4 is 16.0 Å². The molecule has 0 amide bonds. The highest BCUT2D eigenvalue weighted by molar-refractivity contribution is 5.83. The Bertz CT molecular complexity index is 882. The molecule has 1 N–H and O–H groups in total. The van der Waals surface area contributed by atoms with Gasteiger partial charge in [0.15, 0.2) is 0 Å². The number of nitrogens with zero attached hydrogens (tertiary/aromatic N) is 2. The first-order valence-electron chi connectivity index (χ1n) is 5.95. The van der Waals surface area contributed by atoms with Gasteiger partial charge in [0.2, 0.25) is 0 Å². The van der Waals surface area contributed by atoms with Gasteiger partial charge in [-0.25, -0.2) is 9.36 Å². The molecule has 2 heterocycles. The summed E-state index contributed by atoms with van der Waals surface area (Å²) in [4.78, 5) is 31.2. The van der Waals surface area contributed by atoms with Crippen LogP contribution in [0.15, 0.2) is 52.3 Å². The molecule has 100 valence electrons. The summed E-state index contributed by atoms with van der Waals surface area (Å²) in [5.74, 6) is 0.454. The van der Waals surface area contributed by atoms with E-state index in [-0.39, 0.29) is 0 Å². The maximum atomic E-state index is 12.5. The molecule has 2 aromatic heterocycles. The molecule has 0 unspecified atom stereocenters. The van der Waals surface area contributed by atoms with Crippen molar-refractivity contribution in [2.45, 2.75) is 0 Å². The number of ether oxygens (including phenoxy) is 1. The smallest absolute Gasteiger partial charge is 0.333 e. The Kier molecular flexibility index (Phi) is 2.83. The lowest BCUT2D eigenvalue weighted by Crippen LogP contribution is -2.33. The van der Waals surface area contributed by atoms with Crippen LogP contribution in [0.4, 0.5) is 0 Å². The van der Waals surface area contributed by atoms with E-state index in [4.69, 9.17) is 4.74 Å². The molecular weight excluding hydrogens is 258 g/mol. The van der Waals surface area contributed by atoms with Crippen LogP contribution in [0.3, 0.4) is 0 Å². The van der Waals surface area contributed by atoms with Gasteiger partial charge in [-0.15, -0.1) is 0 Å². The number of H-pyrrole nitrogens is 1. The molecule has 0 aliphatic rings. The van der Waals surface area contributed by atoms with Crippen molar-refractivity contribution < 1.29 is 4.74 Å². The molecule has 0 radical (unpaired) electrons. The largest absolute Gasteiger partial charge is 0.495 e. The molecular formula is C14H11N3O3. The minimum Gasteiger partial charge on any atom is -0.495 e. The second kappa shape index (κ2) is 4.65. The Balaban J connectivity index is 2.43. The molecule has 0 saturated heterocycles. The number of nitrogens with one attached hydrogen (secondary N) is 1. The zero-order valence-corrected chi connectivity index (χ0v) is 10.7. The van der Waals surface area contributed by atoms with Gasteiger partial charge in [-0.1, -0.05) is 6.07 Å². The molecule has 0 fully saturated rings. The van der Waals surface area contributed by atoms with Crippen LogP contribution in [0.5, 0.6) is 5.75 Å². The molecule has 0 spiro atoms. The fraction of sp³-hybridized carbons (Fsp3) is 0.0714. The van der Waals surface area contributed by atoms with Gasteiger partial charge in [0, 0.05) is 6.20 Å². The SMILES string of the molecule is COc1cccc2c(=O)n(-c3cccnc3)c(=O)[nH]c12. The van der Waals surface area contributed by atoms with E-state index in [1.807, 2.05) is 0 Å². The summed E-state index contributed by atoms with van der Waals surface area (Å²) in [5, 5.41) is 0.382. The highest BCUT2D eigenvalue weighted by Gasteiger charge is 2.11. The standard InChI is InChI=1S/C14H11N3O3/c1-20-11-6-2-5-10-12(11)16-14(19)17(13(10)18)9-4-3-7-15-8-9/h2-8H,1H3,(H,16,19). The second-order valence-electron chi connectivity index (χ2n) is 4.16. The molecule has 6 heteroatoms. The van der Waals surface area contributed by atoms with Crippen molar-refractivity contribution in [1.29, 1.82) is 0 Å². The Morgan fingerprint density at radius 3 is 2.75 bits per heavy atom. The Morgan fingerprint density at radius 2 is 2.05 bits per heavy atom. The third-order valence-electron chi connectivity index (χ3n) is 3.02. The molecule has 0 atom stereocenters. The lowest BCUT2D eigenvalue weighted by Gasteiger charge is -2.08. The van der Waals surface area contributed by atoms with E-state index >= 15 is 0 Å². The first-order valence-corrected chi connectivity index (χ1v) is 5.95. The quantitative estimate of drug-likeness (QED) is 0.755. The number of methoxy groups -OCH3 is 1. The number of pyridine rings is 1. The van der Waals surface area contributed by atoms with Gasteiger partial charge >= 0.3 is 5.69 Å². The van der Waals surface area contributed by atoms with Crippen molar-refractivity contribution >= 4 is 10.9 Å². The monoisotopic (exact) mass is 269 g/mol. The van der Waals surface area contributed by atoms with Crippen molar-refractivity contribution in [1.82, 2.24) is 14.5 Å². The van der Waals surface area contributed by atoms with Gasteiger partial charge < -0.3 is 9.72 Å². The number of rotatable bonds is 2. The number of hydrogen-bond donors (Lipinski definition) is 1. The fourth-order valence-corrected chi connectivity index (χ4v) is 2.10. The average molecular weight is 269 g/mol. The molecule has 20 heavy (non-hydrogen) atoms.